The number of pyridine rings is 1. The van der Waals surface area contributed by atoms with Crippen molar-refractivity contribution in [3.05, 3.63) is 65.7 Å². The van der Waals surface area contributed by atoms with E-state index in [4.69, 9.17) is 21.3 Å². The molecule has 5 heteroatoms. The van der Waals surface area contributed by atoms with Crippen LogP contribution in [0.2, 0.25) is 5.02 Å². The first-order valence-electron chi connectivity index (χ1n) is 9.82. The number of ether oxygens (including phenoxy) is 1. The third-order valence-corrected chi connectivity index (χ3v) is 5.44. The van der Waals surface area contributed by atoms with Gasteiger partial charge in [0.25, 0.3) is 0 Å². The summed E-state index contributed by atoms with van der Waals surface area (Å²) in [5, 5.41) is 6.30. The van der Waals surface area contributed by atoms with E-state index >= 15 is 0 Å². The predicted molar refractivity (Wildman–Crippen MR) is 124 cm³/mol. The third kappa shape index (κ3) is 3.81. The van der Waals surface area contributed by atoms with Crippen molar-refractivity contribution in [3.63, 3.8) is 0 Å². The lowest BCUT2D eigenvalue weighted by atomic mass is 10.1. The number of rotatable bonds is 6. The van der Waals surface area contributed by atoms with Crippen molar-refractivity contribution >= 4 is 50.5 Å². The van der Waals surface area contributed by atoms with Crippen LogP contribution in [0.25, 0.3) is 21.8 Å². The van der Waals surface area contributed by atoms with E-state index in [1.54, 1.807) is 7.11 Å². The van der Waals surface area contributed by atoms with E-state index in [1.807, 2.05) is 36.4 Å². The smallest absolute Gasteiger partial charge is 0.119 e. The molecule has 0 radical (unpaired) electrons. The molecular formula is C24H24ClN3O. The molecule has 4 nitrogen and oxygen atoms in total. The lowest BCUT2D eigenvalue weighted by Crippen LogP contribution is -2.21. The highest BCUT2D eigenvalue weighted by Crippen LogP contribution is 2.36. The molecule has 0 saturated heterocycles. The maximum atomic E-state index is 6.22. The van der Waals surface area contributed by atoms with E-state index in [0.29, 0.717) is 5.02 Å². The quantitative estimate of drug-likeness (QED) is 0.365. The maximum Gasteiger partial charge on any atom is 0.119 e. The van der Waals surface area contributed by atoms with Gasteiger partial charge < -0.3 is 15.0 Å². The highest BCUT2D eigenvalue weighted by Gasteiger charge is 2.12. The molecule has 0 spiro atoms. The minimum absolute atomic E-state index is 0.674. The fourth-order valence-corrected chi connectivity index (χ4v) is 3.81. The second-order valence-electron chi connectivity index (χ2n) is 6.88. The van der Waals surface area contributed by atoms with E-state index in [0.717, 1.165) is 52.0 Å². The van der Waals surface area contributed by atoms with Crippen molar-refractivity contribution < 1.29 is 4.74 Å². The highest BCUT2D eigenvalue weighted by molar-refractivity contribution is 6.31. The van der Waals surface area contributed by atoms with Crippen molar-refractivity contribution in [2.75, 3.05) is 30.4 Å². The molecule has 0 saturated carbocycles. The maximum absolute atomic E-state index is 6.22. The molecule has 1 heterocycles. The van der Waals surface area contributed by atoms with Gasteiger partial charge in [-0.1, -0.05) is 11.6 Å². The highest BCUT2D eigenvalue weighted by atomic mass is 35.5. The number of nitrogens with zero attached hydrogens (tertiary/aromatic N) is 2. The summed E-state index contributed by atoms with van der Waals surface area (Å²) < 4.78 is 5.44. The van der Waals surface area contributed by atoms with Gasteiger partial charge in [-0.15, -0.1) is 0 Å². The van der Waals surface area contributed by atoms with E-state index in [2.05, 4.69) is 48.3 Å². The van der Waals surface area contributed by atoms with Crippen molar-refractivity contribution in [2.24, 2.45) is 0 Å². The van der Waals surface area contributed by atoms with E-state index in [9.17, 15) is 0 Å². The van der Waals surface area contributed by atoms with Gasteiger partial charge in [-0.3, -0.25) is 0 Å². The number of benzene rings is 3. The zero-order valence-corrected chi connectivity index (χ0v) is 17.6. The number of aromatic nitrogens is 1. The Kier molecular flexibility index (Phi) is 5.45. The van der Waals surface area contributed by atoms with Gasteiger partial charge in [0.05, 0.1) is 23.8 Å². The molecule has 1 N–H and O–H groups in total. The lowest BCUT2D eigenvalue weighted by Gasteiger charge is -2.21. The van der Waals surface area contributed by atoms with Gasteiger partial charge in [0.15, 0.2) is 0 Å². The molecule has 0 aliphatic heterocycles. The second-order valence-corrected chi connectivity index (χ2v) is 7.31. The van der Waals surface area contributed by atoms with Crippen LogP contribution < -0.4 is 15.0 Å². The minimum atomic E-state index is 0.674. The molecule has 0 amide bonds. The van der Waals surface area contributed by atoms with Crippen LogP contribution in [0.3, 0.4) is 0 Å². The molecular weight excluding hydrogens is 382 g/mol. The molecule has 4 aromatic rings. The number of halogens is 1. The molecule has 3 aromatic carbocycles. The summed E-state index contributed by atoms with van der Waals surface area (Å²) in [6.07, 6.45) is 0. The van der Waals surface area contributed by atoms with Crippen LogP contribution in [0.4, 0.5) is 17.1 Å². The summed E-state index contributed by atoms with van der Waals surface area (Å²) in [5.74, 6) is 0.799. The molecule has 1 aromatic heterocycles. The van der Waals surface area contributed by atoms with E-state index < -0.39 is 0 Å². The summed E-state index contributed by atoms with van der Waals surface area (Å²) in [4.78, 5) is 7.12. The van der Waals surface area contributed by atoms with Gasteiger partial charge in [-0.25, -0.2) is 4.98 Å². The average molecular weight is 406 g/mol. The van der Waals surface area contributed by atoms with Gasteiger partial charge in [0.1, 0.15) is 5.75 Å². The van der Waals surface area contributed by atoms with Crippen LogP contribution >= 0.6 is 11.6 Å². The normalized spacial score (nSPS) is 11.0. The van der Waals surface area contributed by atoms with Gasteiger partial charge in [0, 0.05) is 40.3 Å². The fourth-order valence-electron chi connectivity index (χ4n) is 3.65. The molecule has 0 unspecified atom stereocenters. The molecule has 0 atom stereocenters. The first-order valence-corrected chi connectivity index (χ1v) is 10.2. The Balaban J connectivity index is 1.84. The lowest BCUT2D eigenvalue weighted by molar-refractivity contribution is 0.415. The molecule has 0 aliphatic carbocycles. The van der Waals surface area contributed by atoms with Crippen molar-refractivity contribution in [2.45, 2.75) is 13.8 Å². The topological polar surface area (TPSA) is 37.4 Å². The van der Waals surface area contributed by atoms with Gasteiger partial charge in [-0.2, -0.15) is 0 Å². The Bertz CT molecular complexity index is 1150. The van der Waals surface area contributed by atoms with Gasteiger partial charge >= 0.3 is 0 Å². The molecule has 29 heavy (non-hydrogen) atoms. The Morgan fingerprint density at radius 3 is 2.34 bits per heavy atom. The molecule has 148 valence electrons. The van der Waals surface area contributed by atoms with Crippen LogP contribution in [0.1, 0.15) is 13.8 Å². The SMILES string of the molecule is CCN(CC)c1ccc(Nc2c3ccc(Cl)cc3nc3ccc(OC)cc23)cc1. The molecule has 0 aliphatic rings. The molecule has 0 fully saturated rings. The number of nitrogens with one attached hydrogen (secondary N) is 1. The van der Waals surface area contributed by atoms with Crippen LogP contribution in [0.15, 0.2) is 60.7 Å². The number of hydrogen-bond donors (Lipinski definition) is 1. The van der Waals surface area contributed by atoms with Gasteiger partial charge in [-0.05, 0) is 74.5 Å². The Morgan fingerprint density at radius 2 is 1.66 bits per heavy atom. The number of fused-ring (bicyclic) bond motifs is 2. The van der Waals surface area contributed by atoms with Crippen molar-refractivity contribution in [1.82, 2.24) is 4.98 Å². The zero-order valence-electron chi connectivity index (χ0n) is 16.9. The monoisotopic (exact) mass is 405 g/mol. The largest absolute Gasteiger partial charge is 0.497 e. The summed E-state index contributed by atoms with van der Waals surface area (Å²) in [5.41, 5.74) is 4.99. The average Bonchev–Trinajstić information content (AvgIpc) is 2.75. The molecule has 4 rings (SSSR count). The Hall–Kier alpha value is -2.98. The van der Waals surface area contributed by atoms with E-state index in [1.165, 1.54) is 5.69 Å². The fraction of sp³-hybridized carbons (Fsp3) is 0.208. The summed E-state index contributed by atoms with van der Waals surface area (Å²) in [6, 6.07) is 20.2. The van der Waals surface area contributed by atoms with Crippen LogP contribution in [0, 0.1) is 0 Å². The minimum Gasteiger partial charge on any atom is -0.497 e. The van der Waals surface area contributed by atoms with E-state index in [-0.39, 0.29) is 0 Å². The van der Waals surface area contributed by atoms with Crippen LogP contribution in [-0.4, -0.2) is 25.2 Å². The third-order valence-electron chi connectivity index (χ3n) is 5.21. The van der Waals surface area contributed by atoms with Crippen LogP contribution in [0.5, 0.6) is 5.75 Å². The number of anilines is 3. The van der Waals surface area contributed by atoms with Crippen molar-refractivity contribution in [1.29, 1.82) is 0 Å². The number of hydrogen-bond acceptors (Lipinski definition) is 4. The van der Waals surface area contributed by atoms with Crippen LogP contribution in [-0.2, 0) is 0 Å². The Morgan fingerprint density at radius 1 is 0.897 bits per heavy atom. The summed E-state index contributed by atoms with van der Waals surface area (Å²) in [6.45, 7) is 6.32. The van der Waals surface area contributed by atoms with Gasteiger partial charge in [0.2, 0.25) is 0 Å². The van der Waals surface area contributed by atoms with Crippen molar-refractivity contribution in [3.8, 4) is 5.75 Å². The summed E-state index contributed by atoms with van der Waals surface area (Å²) in [7, 11) is 1.68. The predicted octanol–water partition coefficient (Wildman–Crippen LogP) is 6.64. The first-order chi connectivity index (χ1) is 14.1. The summed E-state index contributed by atoms with van der Waals surface area (Å²) >= 11 is 6.22. The second kappa shape index (κ2) is 8.18. The zero-order chi connectivity index (χ0) is 20.4. The Labute approximate surface area is 176 Å². The first kappa shape index (κ1) is 19.3. The molecule has 0 bridgehead atoms. The standard InChI is InChI=1S/C24H24ClN3O/c1-4-28(5-2)18-9-7-17(8-10-18)26-24-20-12-6-16(25)14-23(20)27-22-13-11-19(29-3)15-21(22)24/h6-15H,4-5H2,1-3H3,(H,26,27). The number of methoxy groups -OCH3 is 1.